The predicted molar refractivity (Wildman–Crippen MR) is 125 cm³/mol. The number of fused-ring (bicyclic) bond motifs is 2. The van der Waals surface area contributed by atoms with E-state index in [1.165, 1.54) is 22.4 Å². The van der Waals surface area contributed by atoms with Crippen LogP contribution in [-0.4, -0.2) is 14.9 Å². The minimum absolute atomic E-state index is 0.198. The number of allylic oxidation sites excluding steroid dienone is 1. The monoisotopic (exact) mass is 432 g/mol. The van der Waals surface area contributed by atoms with Crippen molar-refractivity contribution in [3.63, 3.8) is 0 Å². The molecule has 3 nitrogen and oxygen atoms in total. The summed E-state index contributed by atoms with van der Waals surface area (Å²) >= 11 is 1.68. The summed E-state index contributed by atoms with van der Waals surface area (Å²) in [7, 11) is 0. The molecule has 1 N–H and O–H groups in total. The van der Waals surface area contributed by atoms with E-state index >= 15 is 0 Å². The van der Waals surface area contributed by atoms with Gasteiger partial charge in [0.15, 0.2) is 0 Å². The van der Waals surface area contributed by atoms with Crippen LogP contribution < -0.4 is 0 Å². The number of aromatic nitrogens is 2. The van der Waals surface area contributed by atoms with Gasteiger partial charge in [0.2, 0.25) is 0 Å². The van der Waals surface area contributed by atoms with Gasteiger partial charge in [0, 0.05) is 10.3 Å². The van der Waals surface area contributed by atoms with Crippen molar-refractivity contribution in [1.82, 2.24) is 9.78 Å². The molecule has 5 rings (SSSR count). The fourth-order valence-corrected chi connectivity index (χ4v) is 5.95. The summed E-state index contributed by atoms with van der Waals surface area (Å²) in [4.78, 5) is 0. The Bertz CT molecular complexity index is 1300. The average molecular weight is 433 g/mol. The summed E-state index contributed by atoms with van der Waals surface area (Å²) in [6.45, 7) is 6.28. The third-order valence-electron chi connectivity index (χ3n) is 6.64. The first-order valence-corrected chi connectivity index (χ1v) is 11.4. The second-order valence-corrected chi connectivity index (χ2v) is 10.0. The Morgan fingerprint density at radius 2 is 1.94 bits per heavy atom. The molecule has 0 bridgehead atoms. The minimum Gasteiger partial charge on any atom is -0.385 e. The standard InChI is InChI=1S/C26H25FN2OS/c1-17-12-23-18(14-28-29(23)20-10-8-19(27)9-11-20)13-25(17,2)16-26(3,30)22-15-31-24-7-5-4-6-21(22)24/h4-12,14-15,30H,13,16H2,1-3H3/t25-,26?/m1/s1. The van der Waals surface area contributed by atoms with E-state index in [0.717, 1.165) is 34.3 Å². The van der Waals surface area contributed by atoms with Crippen molar-refractivity contribution >= 4 is 27.5 Å². The van der Waals surface area contributed by atoms with Gasteiger partial charge in [-0.05, 0) is 84.8 Å². The molecule has 2 aromatic heterocycles. The second-order valence-electron chi connectivity index (χ2n) is 9.10. The molecule has 0 spiro atoms. The van der Waals surface area contributed by atoms with Crippen LogP contribution in [0.4, 0.5) is 4.39 Å². The first-order chi connectivity index (χ1) is 14.8. The van der Waals surface area contributed by atoms with Gasteiger partial charge in [-0.1, -0.05) is 30.7 Å². The van der Waals surface area contributed by atoms with Crippen LogP contribution in [-0.2, 0) is 12.0 Å². The van der Waals surface area contributed by atoms with E-state index in [1.54, 1.807) is 23.5 Å². The molecule has 1 aliphatic rings. The quantitative estimate of drug-likeness (QED) is 0.400. The molecule has 2 atom stereocenters. The van der Waals surface area contributed by atoms with Crippen LogP contribution in [0.15, 0.2) is 65.7 Å². The molecular formula is C26H25FN2OS. The van der Waals surface area contributed by atoms with Gasteiger partial charge >= 0.3 is 0 Å². The van der Waals surface area contributed by atoms with Crippen LogP contribution >= 0.6 is 11.3 Å². The van der Waals surface area contributed by atoms with Gasteiger partial charge in [0.25, 0.3) is 0 Å². The van der Waals surface area contributed by atoms with Crippen molar-refractivity contribution in [3.8, 4) is 5.69 Å². The van der Waals surface area contributed by atoms with E-state index in [4.69, 9.17) is 0 Å². The van der Waals surface area contributed by atoms with Crippen molar-refractivity contribution < 1.29 is 9.50 Å². The minimum atomic E-state index is -0.950. The van der Waals surface area contributed by atoms with E-state index in [1.807, 2.05) is 29.9 Å². The molecule has 0 aliphatic heterocycles. The van der Waals surface area contributed by atoms with Crippen molar-refractivity contribution in [2.75, 3.05) is 0 Å². The zero-order valence-corrected chi connectivity index (χ0v) is 18.7. The Morgan fingerprint density at radius 1 is 1.19 bits per heavy atom. The average Bonchev–Trinajstić information content (AvgIpc) is 3.33. The topological polar surface area (TPSA) is 38.0 Å². The number of aliphatic hydroxyl groups is 1. The maximum atomic E-state index is 13.3. The van der Waals surface area contributed by atoms with Crippen molar-refractivity contribution in [2.24, 2.45) is 5.41 Å². The first kappa shape index (κ1) is 20.2. The lowest BCUT2D eigenvalue weighted by molar-refractivity contribution is 0.0164. The van der Waals surface area contributed by atoms with Crippen LogP contribution in [0.25, 0.3) is 21.8 Å². The van der Waals surface area contributed by atoms with E-state index in [0.29, 0.717) is 6.42 Å². The Hall–Kier alpha value is -2.76. The number of rotatable bonds is 4. The van der Waals surface area contributed by atoms with Gasteiger partial charge in [-0.3, -0.25) is 0 Å². The second kappa shape index (κ2) is 7.14. The molecule has 0 saturated carbocycles. The summed E-state index contributed by atoms with van der Waals surface area (Å²) in [5, 5.41) is 19.4. The summed E-state index contributed by atoms with van der Waals surface area (Å²) < 4.78 is 16.4. The van der Waals surface area contributed by atoms with E-state index in [9.17, 15) is 9.50 Å². The summed E-state index contributed by atoms with van der Waals surface area (Å²) in [6, 6.07) is 14.6. The van der Waals surface area contributed by atoms with Crippen molar-refractivity contribution in [3.05, 3.63) is 88.3 Å². The predicted octanol–water partition coefficient (Wildman–Crippen LogP) is 6.49. The van der Waals surface area contributed by atoms with Crippen LogP contribution in [0.3, 0.4) is 0 Å². The van der Waals surface area contributed by atoms with E-state index < -0.39 is 5.60 Å². The molecule has 1 aliphatic carbocycles. The summed E-state index contributed by atoms with van der Waals surface area (Å²) in [5.74, 6) is -0.257. The Balaban J connectivity index is 1.49. The highest BCUT2D eigenvalue weighted by Gasteiger charge is 2.40. The van der Waals surface area contributed by atoms with Gasteiger partial charge in [0.1, 0.15) is 5.82 Å². The maximum Gasteiger partial charge on any atom is 0.123 e. The number of thiophene rings is 1. The van der Waals surface area contributed by atoms with E-state index in [-0.39, 0.29) is 11.2 Å². The first-order valence-electron chi connectivity index (χ1n) is 10.5. The molecular weight excluding hydrogens is 407 g/mol. The lowest BCUT2D eigenvalue weighted by Gasteiger charge is -2.39. The number of hydrogen-bond acceptors (Lipinski definition) is 3. The molecule has 1 unspecified atom stereocenters. The fraction of sp³-hybridized carbons (Fsp3) is 0.269. The van der Waals surface area contributed by atoms with Crippen molar-refractivity contribution in [2.45, 2.75) is 39.2 Å². The largest absolute Gasteiger partial charge is 0.385 e. The molecule has 158 valence electrons. The molecule has 0 saturated heterocycles. The summed E-state index contributed by atoms with van der Waals surface area (Å²) in [5.41, 5.74) is 4.07. The number of hydrogen-bond donors (Lipinski definition) is 1. The molecule has 31 heavy (non-hydrogen) atoms. The summed E-state index contributed by atoms with van der Waals surface area (Å²) in [6.07, 6.45) is 5.47. The Morgan fingerprint density at radius 3 is 2.71 bits per heavy atom. The Labute approximate surface area is 185 Å². The highest BCUT2D eigenvalue weighted by atomic mass is 32.1. The normalized spacial score (nSPS) is 20.4. The molecule has 2 heterocycles. The molecule has 2 aromatic carbocycles. The third kappa shape index (κ3) is 3.42. The SMILES string of the molecule is CC1=Cc2c(cnn2-c2ccc(F)cc2)C[C@]1(C)CC(C)(O)c1csc2ccccc12. The van der Waals surface area contributed by atoms with Crippen LogP contribution in [0.2, 0.25) is 0 Å². The highest BCUT2D eigenvalue weighted by molar-refractivity contribution is 7.17. The van der Waals surface area contributed by atoms with Crippen molar-refractivity contribution in [1.29, 1.82) is 0 Å². The number of benzene rings is 2. The molecule has 0 amide bonds. The van der Waals surface area contributed by atoms with Crippen LogP contribution in [0.5, 0.6) is 0 Å². The molecule has 5 heteroatoms. The zero-order chi connectivity index (χ0) is 21.8. The third-order valence-corrected chi connectivity index (χ3v) is 7.60. The molecule has 0 radical (unpaired) electrons. The maximum absolute atomic E-state index is 13.3. The van der Waals surface area contributed by atoms with Gasteiger partial charge in [0.05, 0.1) is 23.2 Å². The smallest absolute Gasteiger partial charge is 0.123 e. The zero-order valence-electron chi connectivity index (χ0n) is 17.9. The lowest BCUT2D eigenvalue weighted by atomic mass is 9.67. The van der Waals surface area contributed by atoms with Gasteiger partial charge in [-0.15, -0.1) is 11.3 Å². The van der Waals surface area contributed by atoms with Gasteiger partial charge < -0.3 is 5.11 Å². The van der Waals surface area contributed by atoms with Crippen LogP contribution in [0, 0.1) is 11.2 Å². The van der Waals surface area contributed by atoms with Crippen LogP contribution in [0.1, 0.15) is 44.0 Å². The van der Waals surface area contributed by atoms with Gasteiger partial charge in [-0.2, -0.15) is 5.10 Å². The lowest BCUT2D eigenvalue weighted by Crippen LogP contribution is -2.34. The molecule has 4 aromatic rings. The number of nitrogens with zero attached hydrogens (tertiary/aromatic N) is 2. The number of halogens is 1. The highest BCUT2D eigenvalue weighted by Crippen LogP contribution is 2.48. The van der Waals surface area contributed by atoms with E-state index in [2.05, 4.69) is 42.5 Å². The van der Waals surface area contributed by atoms with Gasteiger partial charge in [-0.25, -0.2) is 9.07 Å². The molecule has 0 fully saturated rings. The fourth-order valence-electron chi connectivity index (χ4n) is 4.86. The Kier molecular flexibility index (Phi) is 4.65.